The Morgan fingerprint density at radius 1 is 0.675 bits per heavy atom. The van der Waals surface area contributed by atoms with E-state index in [1.54, 1.807) is 6.07 Å². The number of unbranched alkanes of at least 4 members (excludes halogenated alkanes) is 9. The molecule has 1 fully saturated rings. The van der Waals surface area contributed by atoms with Gasteiger partial charge in [-0.15, -0.1) is 0 Å². The molecule has 0 spiro atoms. The normalized spacial score (nSPS) is 18.9. The summed E-state index contributed by atoms with van der Waals surface area (Å²) in [4.78, 5) is 2.65. The standard InChI is InChI=1S/C37H49NO2/c39-33-23-24-36-34(28-33)37(35(29-40-36)31-17-11-9-12-18-31)32-21-19-30(20-22-32)16-10-7-5-3-1-2-4-6-8-13-25-38-26-14-15-27-38/h9,11-12,17-24,28,35,37,39H,1-8,10,13-16,25-27,29H2. The highest BCUT2D eigenvalue weighted by Crippen LogP contribution is 2.47. The maximum Gasteiger partial charge on any atom is 0.123 e. The highest BCUT2D eigenvalue weighted by molar-refractivity contribution is 5.50. The van der Waals surface area contributed by atoms with Crippen LogP contribution in [-0.4, -0.2) is 36.2 Å². The first-order valence-electron chi connectivity index (χ1n) is 16.1. The SMILES string of the molecule is Oc1ccc2c(c1)C(c1ccc(CCCCCCCCCCCCN3CCCC3)cc1)C(c1ccccc1)CO2. The van der Waals surface area contributed by atoms with Gasteiger partial charge in [0.05, 0.1) is 6.61 Å². The van der Waals surface area contributed by atoms with E-state index >= 15 is 0 Å². The molecule has 3 nitrogen and oxygen atoms in total. The molecule has 40 heavy (non-hydrogen) atoms. The fraction of sp³-hybridized carbons (Fsp3) is 0.514. The topological polar surface area (TPSA) is 32.7 Å². The van der Waals surface area contributed by atoms with Crippen molar-refractivity contribution >= 4 is 0 Å². The molecule has 2 aliphatic heterocycles. The third-order valence-electron chi connectivity index (χ3n) is 9.10. The molecule has 0 aromatic heterocycles. The number of rotatable bonds is 15. The van der Waals surface area contributed by atoms with Gasteiger partial charge in [0.25, 0.3) is 0 Å². The molecule has 5 rings (SSSR count). The van der Waals surface area contributed by atoms with Crippen LogP contribution in [0.1, 0.15) is 111 Å². The van der Waals surface area contributed by atoms with Gasteiger partial charge in [0.15, 0.2) is 0 Å². The highest BCUT2D eigenvalue weighted by Gasteiger charge is 2.33. The average Bonchev–Trinajstić information content (AvgIpc) is 3.51. The maximum atomic E-state index is 10.3. The first-order chi connectivity index (χ1) is 19.8. The molecule has 0 bridgehead atoms. The molecule has 3 aromatic rings. The van der Waals surface area contributed by atoms with Crippen LogP contribution in [0, 0.1) is 0 Å². The van der Waals surface area contributed by atoms with E-state index in [1.165, 1.54) is 113 Å². The second kappa shape index (κ2) is 15.3. The zero-order chi connectivity index (χ0) is 27.4. The van der Waals surface area contributed by atoms with Crippen LogP contribution in [0.5, 0.6) is 11.5 Å². The molecule has 0 amide bonds. The van der Waals surface area contributed by atoms with E-state index in [0.717, 1.165) is 17.7 Å². The molecule has 2 aliphatic rings. The number of phenolic OH excluding ortho intramolecular Hbond substituents is 1. The second-order valence-electron chi connectivity index (χ2n) is 12.1. The molecule has 2 atom stereocenters. The number of fused-ring (bicyclic) bond motifs is 1. The minimum atomic E-state index is 0.164. The van der Waals surface area contributed by atoms with Crippen LogP contribution in [0.3, 0.4) is 0 Å². The number of aryl methyl sites for hydroxylation is 1. The van der Waals surface area contributed by atoms with E-state index in [4.69, 9.17) is 4.74 Å². The maximum absolute atomic E-state index is 10.3. The van der Waals surface area contributed by atoms with Gasteiger partial charge in [-0.3, -0.25) is 0 Å². The third kappa shape index (κ3) is 8.13. The van der Waals surface area contributed by atoms with Crippen molar-refractivity contribution in [1.82, 2.24) is 4.90 Å². The fourth-order valence-electron chi connectivity index (χ4n) is 6.78. The Balaban J connectivity index is 1.03. The summed E-state index contributed by atoms with van der Waals surface area (Å²) in [5, 5.41) is 10.3. The van der Waals surface area contributed by atoms with Crippen LogP contribution in [0.15, 0.2) is 72.8 Å². The third-order valence-corrected chi connectivity index (χ3v) is 9.10. The summed E-state index contributed by atoms with van der Waals surface area (Å²) in [5.74, 6) is 1.57. The first kappa shape index (κ1) is 28.7. The number of hydrogen-bond acceptors (Lipinski definition) is 3. The lowest BCUT2D eigenvalue weighted by Gasteiger charge is -2.34. The van der Waals surface area contributed by atoms with E-state index in [0.29, 0.717) is 12.4 Å². The van der Waals surface area contributed by atoms with Gasteiger partial charge in [-0.2, -0.15) is 0 Å². The molecule has 1 N–H and O–H groups in total. The lowest BCUT2D eigenvalue weighted by atomic mass is 9.75. The van der Waals surface area contributed by atoms with E-state index < -0.39 is 0 Å². The summed E-state index contributed by atoms with van der Waals surface area (Å²) >= 11 is 0. The molecule has 3 heteroatoms. The predicted molar refractivity (Wildman–Crippen MR) is 167 cm³/mol. The Morgan fingerprint density at radius 2 is 1.32 bits per heavy atom. The van der Waals surface area contributed by atoms with Crippen molar-refractivity contribution in [3.8, 4) is 11.5 Å². The lowest BCUT2D eigenvalue weighted by molar-refractivity contribution is 0.248. The first-order valence-corrected chi connectivity index (χ1v) is 16.1. The minimum Gasteiger partial charge on any atom is -0.508 e. The Kier molecular flexibility index (Phi) is 11.0. The Morgan fingerprint density at radius 3 is 2.02 bits per heavy atom. The number of benzene rings is 3. The molecule has 3 aromatic carbocycles. The van der Waals surface area contributed by atoms with Gasteiger partial charge in [-0.25, -0.2) is 0 Å². The number of aromatic hydroxyl groups is 1. The minimum absolute atomic E-state index is 0.164. The monoisotopic (exact) mass is 539 g/mol. The van der Waals surface area contributed by atoms with Crippen molar-refractivity contribution in [2.45, 2.75) is 95.3 Å². The smallest absolute Gasteiger partial charge is 0.123 e. The van der Waals surface area contributed by atoms with E-state index in [1.807, 2.05) is 12.1 Å². The van der Waals surface area contributed by atoms with E-state index in [9.17, 15) is 5.11 Å². The molecule has 0 aliphatic carbocycles. The summed E-state index contributed by atoms with van der Waals surface area (Å²) in [6.07, 6.45) is 17.9. The average molecular weight is 540 g/mol. The zero-order valence-corrected chi connectivity index (χ0v) is 24.4. The summed E-state index contributed by atoms with van der Waals surface area (Å²) in [6, 6.07) is 25.4. The molecule has 1 saturated heterocycles. The largest absolute Gasteiger partial charge is 0.508 e. The van der Waals surface area contributed by atoms with Gasteiger partial charge in [0.1, 0.15) is 11.5 Å². The highest BCUT2D eigenvalue weighted by atomic mass is 16.5. The summed E-state index contributed by atoms with van der Waals surface area (Å²) in [7, 11) is 0. The van der Waals surface area contributed by atoms with Crippen LogP contribution in [0.2, 0.25) is 0 Å². The quantitative estimate of drug-likeness (QED) is 0.195. The van der Waals surface area contributed by atoms with Crippen LogP contribution in [0.4, 0.5) is 0 Å². The Bertz CT molecular complexity index is 1140. The molecule has 2 unspecified atom stereocenters. The number of ether oxygens (including phenoxy) is 1. The van der Waals surface area contributed by atoms with Crippen LogP contribution in [-0.2, 0) is 6.42 Å². The van der Waals surface area contributed by atoms with Gasteiger partial charge < -0.3 is 14.7 Å². The van der Waals surface area contributed by atoms with Gasteiger partial charge in [0, 0.05) is 17.4 Å². The van der Waals surface area contributed by atoms with Crippen molar-refractivity contribution in [2.75, 3.05) is 26.2 Å². The van der Waals surface area contributed by atoms with E-state index in [2.05, 4.69) is 59.5 Å². The van der Waals surface area contributed by atoms with Gasteiger partial charge in [0.2, 0.25) is 0 Å². The summed E-state index contributed by atoms with van der Waals surface area (Å²) in [6.45, 7) is 4.67. The van der Waals surface area contributed by atoms with Gasteiger partial charge >= 0.3 is 0 Å². The fourth-order valence-corrected chi connectivity index (χ4v) is 6.78. The van der Waals surface area contributed by atoms with Crippen LogP contribution >= 0.6 is 0 Å². The van der Waals surface area contributed by atoms with Crippen molar-refractivity contribution in [1.29, 1.82) is 0 Å². The molecule has 2 heterocycles. The lowest BCUT2D eigenvalue weighted by Crippen LogP contribution is -2.25. The van der Waals surface area contributed by atoms with Crippen LogP contribution in [0.25, 0.3) is 0 Å². The van der Waals surface area contributed by atoms with Gasteiger partial charge in [-0.05, 0) is 86.6 Å². The molecule has 0 radical (unpaired) electrons. The molecule has 0 saturated carbocycles. The number of nitrogens with zero attached hydrogens (tertiary/aromatic N) is 1. The second-order valence-corrected chi connectivity index (χ2v) is 12.1. The number of likely N-dealkylation sites (tertiary alicyclic amines) is 1. The van der Waals surface area contributed by atoms with Crippen molar-refractivity contribution < 1.29 is 9.84 Å². The van der Waals surface area contributed by atoms with Crippen molar-refractivity contribution in [3.63, 3.8) is 0 Å². The summed E-state index contributed by atoms with van der Waals surface area (Å²) < 4.78 is 6.15. The Labute approximate surface area is 242 Å². The van der Waals surface area contributed by atoms with Crippen LogP contribution < -0.4 is 4.74 Å². The Hall–Kier alpha value is -2.78. The summed E-state index contributed by atoms with van der Waals surface area (Å²) in [5.41, 5.74) is 5.08. The predicted octanol–water partition coefficient (Wildman–Crippen LogP) is 9.24. The number of phenols is 1. The van der Waals surface area contributed by atoms with Crippen molar-refractivity contribution in [3.05, 3.63) is 95.1 Å². The number of hydrogen-bond donors (Lipinski definition) is 1. The van der Waals surface area contributed by atoms with Gasteiger partial charge in [-0.1, -0.05) is 106 Å². The molecular formula is C37H49NO2. The molecule has 214 valence electrons. The molecular weight excluding hydrogens is 490 g/mol. The zero-order valence-electron chi connectivity index (χ0n) is 24.4. The van der Waals surface area contributed by atoms with Crippen molar-refractivity contribution in [2.24, 2.45) is 0 Å². The van der Waals surface area contributed by atoms with E-state index in [-0.39, 0.29) is 11.8 Å².